The average Bonchev–Trinajstić information content (AvgIpc) is 3.71. The zero-order chi connectivity index (χ0) is 30.0. The van der Waals surface area contributed by atoms with Crippen molar-refractivity contribution in [1.29, 1.82) is 0 Å². The lowest BCUT2D eigenvalue weighted by atomic mass is 9.38. The molecule has 1 amide bonds. The Morgan fingerprint density at radius 2 is 1.86 bits per heavy atom. The van der Waals surface area contributed by atoms with Crippen molar-refractivity contribution in [3.8, 4) is 11.5 Å². The first kappa shape index (κ1) is 28.2. The van der Waals surface area contributed by atoms with Gasteiger partial charge in [0.05, 0.1) is 18.6 Å². The summed E-state index contributed by atoms with van der Waals surface area (Å²) in [5, 5.41) is 28.8. The molecule has 2 saturated carbocycles. The first-order chi connectivity index (χ1) is 20.0. The van der Waals surface area contributed by atoms with Crippen LogP contribution in [0, 0.1) is 11.3 Å². The van der Waals surface area contributed by atoms with E-state index in [0.29, 0.717) is 12.2 Å². The van der Waals surface area contributed by atoms with Gasteiger partial charge in [-0.15, -0.1) is 0 Å². The molecule has 12 nitrogen and oxygen atoms in total. The second-order valence-corrected chi connectivity index (χ2v) is 12.0. The zero-order valence-electron chi connectivity index (χ0n) is 23.4. The number of carboxylic acid groups (broad SMARTS) is 2. The van der Waals surface area contributed by atoms with Gasteiger partial charge < -0.3 is 34.8 Å². The molecule has 2 spiro atoms. The van der Waals surface area contributed by atoms with Gasteiger partial charge in [-0.2, -0.15) is 0 Å². The van der Waals surface area contributed by atoms with Gasteiger partial charge in [0.2, 0.25) is 5.91 Å². The maximum absolute atomic E-state index is 12.9. The summed E-state index contributed by atoms with van der Waals surface area (Å²) >= 11 is 0. The number of aromatic hydroxyl groups is 1. The number of phenols is 1. The summed E-state index contributed by atoms with van der Waals surface area (Å²) in [6.07, 6.45) is 11.5. The highest BCUT2D eigenvalue weighted by molar-refractivity contribution is 6.27. The summed E-state index contributed by atoms with van der Waals surface area (Å²) in [6, 6.07) is 3.75. The predicted octanol–water partition coefficient (Wildman–Crippen LogP) is 1.15. The molecule has 4 N–H and O–H groups in total. The van der Waals surface area contributed by atoms with Crippen LogP contribution in [0.25, 0.3) is 0 Å². The minimum atomic E-state index is -1.82. The van der Waals surface area contributed by atoms with E-state index in [1.54, 1.807) is 13.2 Å². The van der Waals surface area contributed by atoms with E-state index in [-0.39, 0.29) is 40.7 Å². The highest BCUT2D eigenvalue weighted by Crippen LogP contribution is 2.73. The molecule has 1 aromatic carbocycles. The lowest BCUT2D eigenvalue weighted by Crippen LogP contribution is -2.82. The molecule has 4 bridgehead atoms. The van der Waals surface area contributed by atoms with E-state index in [1.165, 1.54) is 31.6 Å². The van der Waals surface area contributed by atoms with Crippen molar-refractivity contribution in [2.75, 3.05) is 27.3 Å². The number of rotatable bonds is 6. The molecule has 3 fully saturated rings. The number of amides is 1. The van der Waals surface area contributed by atoms with E-state index in [9.17, 15) is 14.7 Å². The average molecular weight is 583 g/mol. The lowest BCUT2D eigenvalue weighted by Gasteiger charge is -2.71. The summed E-state index contributed by atoms with van der Waals surface area (Å²) in [5.41, 5.74) is 0.917. The molecule has 42 heavy (non-hydrogen) atoms. The molecular formula is C30H34N2O10. The van der Waals surface area contributed by atoms with Crippen LogP contribution in [0.15, 0.2) is 36.4 Å². The second kappa shape index (κ2) is 9.84. The predicted molar refractivity (Wildman–Crippen MR) is 145 cm³/mol. The number of piperidine rings is 1. The Morgan fingerprint density at radius 1 is 1.12 bits per heavy atom. The smallest absolute Gasteiger partial charge is 0.414 e. The number of nitrogens with one attached hydrogen (secondary N) is 1. The molecule has 8 rings (SSSR count). The first-order valence-electron chi connectivity index (χ1n) is 14.1. The van der Waals surface area contributed by atoms with Crippen LogP contribution in [-0.4, -0.2) is 95.1 Å². The van der Waals surface area contributed by atoms with Gasteiger partial charge in [-0.1, -0.05) is 18.2 Å². The van der Waals surface area contributed by atoms with E-state index in [4.69, 9.17) is 29.3 Å². The number of hydrogen-bond donors (Lipinski definition) is 4. The molecule has 7 aliphatic rings. The number of benzene rings is 1. The van der Waals surface area contributed by atoms with Gasteiger partial charge in [0.15, 0.2) is 11.5 Å². The maximum Gasteiger partial charge on any atom is 0.414 e. The number of esters is 1. The minimum absolute atomic E-state index is 0.166. The number of methoxy groups -OCH3 is 2. The molecule has 12 heteroatoms. The molecule has 5 aliphatic carbocycles. The Bertz CT molecular complexity index is 1410. The van der Waals surface area contributed by atoms with Crippen LogP contribution in [0.3, 0.4) is 0 Å². The largest absolute Gasteiger partial charge is 0.504 e. The van der Waals surface area contributed by atoms with Crippen LogP contribution < -0.4 is 10.1 Å². The molecule has 6 atom stereocenters. The maximum atomic E-state index is 12.9. The fourth-order valence-corrected chi connectivity index (χ4v) is 8.37. The van der Waals surface area contributed by atoms with Gasteiger partial charge in [0.1, 0.15) is 11.7 Å². The third-order valence-corrected chi connectivity index (χ3v) is 10.2. The summed E-state index contributed by atoms with van der Waals surface area (Å²) in [4.78, 5) is 45.4. The quantitative estimate of drug-likeness (QED) is 0.164. The molecule has 2 aliphatic heterocycles. The van der Waals surface area contributed by atoms with Crippen LogP contribution in [0.1, 0.15) is 36.8 Å². The van der Waals surface area contributed by atoms with Crippen LogP contribution >= 0.6 is 0 Å². The molecule has 1 unspecified atom stereocenters. The Kier molecular flexibility index (Phi) is 6.61. The number of aliphatic carboxylic acids is 2. The molecule has 1 aromatic rings. The van der Waals surface area contributed by atoms with E-state index >= 15 is 0 Å². The van der Waals surface area contributed by atoms with Gasteiger partial charge in [-0.3, -0.25) is 9.69 Å². The number of likely N-dealkylation sites (tertiary alicyclic amines) is 1. The Balaban J connectivity index is 0.000000479. The van der Waals surface area contributed by atoms with Crippen molar-refractivity contribution < 1.29 is 48.7 Å². The number of fused-ring (bicyclic) bond motifs is 1. The van der Waals surface area contributed by atoms with Gasteiger partial charge in [-0.25, -0.2) is 14.4 Å². The van der Waals surface area contributed by atoms with E-state index < -0.39 is 23.5 Å². The Labute approximate surface area is 241 Å². The van der Waals surface area contributed by atoms with Crippen LogP contribution in [-0.2, 0) is 40.5 Å². The fraction of sp³-hybridized carbons (Fsp3) is 0.533. The van der Waals surface area contributed by atoms with Gasteiger partial charge >= 0.3 is 17.9 Å². The van der Waals surface area contributed by atoms with Crippen molar-refractivity contribution >= 4 is 23.8 Å². The molecule has 2 heterocycles. The van der Waals surface area contributed by atoms with Crippen molar-refractivity contribution in [1.82, 2.24) is 10.2 Å². The van der Waals surface area contributed by atoms with E-state index in [0.717, 1.165) is 43.5 Å². The molecule has 224 valence electrons. The minimum Gasteiger partial charge on any atom is -0.504 e. The van der Waals surface area contributed by atoms with Gasteiger partial charge in [-0.05, 0) is 56.2 Å². The van der Waals surface area contributed by atoms with Crippen LogP contribution in [0.5, 0.6) is 11.5 Å². The number of carbonyl (C=O) groups is 4. The normalized spacial score (nSPS) is 34.6. The Hall–Kier alpha value is -3.90. The molecule has 0 aromatic heterocycles. The van der Waals surface area contributed by atoms with Crippen molar-refractivity contribution in [3.63, 3.8) is 0 Å². The third kappa shape index (κ3) is 3.88. The number of carbonyl (C=O) groups excluding carboxylic acids is 2. The van der Waals surface area contributed by atoms with Crippen molar-refractivity contribution in [2.24, 2.45) is 11.3 Å². The highest BCUT2D eigenvalue weighted by atomic mass is 16.6. The number of ether oxygens (including phenoxy) is 3. The molecular weight excluding hydrogens is 548 g/mol. The number of phenolic OH excluding ortho intramolecular Hbond substituents is 1. The summed E-state index contributed by atoms with van der Waals surface area (Å²) in [6.45, 7) is 2.10. The fourth-order valence-electron chi connectivity index (χ4n) is 8.37. The third-order valence-electron chi connectivity index (χ3n) is 10.2. The summed E-state index contributed by atoms with van der Waals surface area (Å²) in [5.74, 6) is -3.08. The standard InChI is InChI=1S/C28H32N2O6.C2H2O4/c1-34-22(33)8-7-21(32)29-19-14-26-9-10-28(19,35-2)25-27(26)11-12-30(15-16-3-4-16)20(26)13-17-5-6-18(31)24(36-25)23(17)27;3-1(4)2(5)6/h5-10,16,19-20,25,31H,3-4,11-15H2,1-2H3,(H,29,32);(H,3,4)(H,5,6)/b8-7+;/t19-,20+,25+,26+,27-,28?;/m0./s1. The monoisotopic (exact) mass is 582 g/mol. The summed E-state index contributed by atoms with van der Waals surface area (Å²) in [7, 11) is 2.94. The molecule has 0 radical (unpaired) electrons. The van der Waals surface area contributed by atoms with Gasteiger partial charge in [0.25, 0.3) is 0 Å². The van der Waals surface area contributed by atoms with Crippen LogP contribution in [0.4, 0.5) is 0 Å². The van der Waals surface area contributed by atoms with Crippen molar-refractivity contribution in [2.45, 2.75) is 61.3 Å². The molecule has 1 saturated heterocycles. The van der Waals surface area contributed by atoms with Gasteiger partial charge in [0, 0.05) is 42.8 Å². The Morgan fingerprint density at radius 3 is 2.50 bits per heavy atom. The van der Waals surface area contributed by atoms with Crippen molar-refractivity contribution in [3.05, 3.63) is 47.6 Å². The summed E-state index contributed by atoms with van der Waals surface area (Å²) < 4.78 is 17.6. The van der Waals surface area contributed by atoms with E-state index in [2.05, 4.69) is 33.2 Å². The SMILES string of the molecule is COC(=O)/C=C/C(=O)N[C@H]1C[C@@]23C=CC1(OC)[C@@H]1Oc4c(O)ccc5c4[C@@]12CCN(CC1CC1)[C@@H]3C5.O=C(O)C(=O)O. The zero-order valence-corrected chi connectivity index (χ0v) is 23.4. The number of carboxylic acids is 2. The highest BCUT2D eigenvalue weighted by Gasteiger charge is 2.79. The van der Waals surface area contributed by atoms with Crippen LogP contribution in [0.2, 0.25) is 0 Å². The number of hydrogen-bond acceptors (Lipinski definition) is 9. The number of nitrogens with zero attached hydrogens (tertiary/aromatic N) is 1. The first-order valence-corrected chi connectivity index (χ1v) is 14.1. The topological polar surface area (TPSA) is 172 Å². The van der Waals surface area contributed by atoms with E-state index in [1.807, 2.05) is 0 Å². The lowest BCUT2D eigenvalue weighted by molar-refractivity contribution is -0.203. The second-order valence-electron chi connectivity index (χ2n) is 12.0.